The molecule has 1 atom stereocenters. The molecule has 0 saturated carbocycles. The summed E-state index contributed by atoms with van der Waals surface area (Å²) in [7, 11) is 3.25. The molecule has 1 unspecified atom stereocenters. The van der Waals surface area contributed by atoms with Gasteiger partial charge in [0, 0.05) is 18.3 Å². The van der Waals surface area contributed by atoms with Gasteiger partial charge in [-0.05, 0) is 14.0 Å². The van der Waals surface area contributed by atoms with Crippen molar-refractivity contribution in [3.05, 3.63) is 17.5 Å². The van der Waals surface area contributed by atoms with E-state index < -0.39 is 12.5 Å². The Hall–Kier alpha value is -0.970. The molecule has 0 radical (unpaired) electrons. The van der Waals surface area contributed by atoms with Crippen LogP contribution in [-0.4, -0.2) is 23.3 Å². The van der Waals surface area contributed by atoms with Crippen molar-refractivity contribution in [1.29, 1.82) is 0 Å². The fourth-order valence-corrected chi connectivity index (χ4v) is 1.24. The van der Waals surface area contributed by atoms with Crippen molar-refractivity contribution in [3.63, 3.8) is 0 Å². The second-order valence-electron chi connectivity index (χ2n) is 2.91. The SMILES string of the molecule is CNC(c1cnn(C)c1C)C(F)F. The molecule has 0 bridgehead atoms. The van der Waals surface area contributed by atoms with E-state index in [1.807, 2.05) is 0 Å². The quantitative estimate of drug-likeness (QED) is 0.775. The van der Waals surface area contributed by atoms with E-state index in [0.717, 1.165) is 5.69 Å². The Kier molecular flexibility index (Phi) is 2.98. The van der Waals surface area contributed by atoms with Crippen LogP contribution in [0, 0.1) is 6.92 Å². The van der Waals surface area contributed by atoms with E-state index in [-0.39, 0.29) is 0 Å². The molecule has 1 rings (SSSR count). The summed E-state index contributed by atoms with van der Waals surface area (Å²) in [6, 6.07) is -0.923. The maximum atomic E-state index is 12.5. The van der Waals surface area contributed by atoms with Crippen LogP contribution in [0.5, 0.6) is 0 Å². The number of nitrogens with one attached hydrogen (secondary N) is 1. The van der Waals surface area contributed by atoms with Crippen LogP contribution >= 0.6 is 0 Å². The topological polar surface area (TPSA) is 29.9 Å². The standard InChI is InChI=1S/C8H13F2N3/c1-5-6(4-12-13(5)3)7(11-2)8(9)10/h4,7-8,11H,1-3H3. The average Bonchev–Trinajstić information content (AvgIpc) is 2.37. The number of halogens is 2. The summed E-state index contributed by atoms with van der Waals surface area (Å²) in [5, 5.41) is 6.48. The van der Waals surface area contributed by atoms with E-state index in [1.165, 1.54) is 13.2 Å². The molecule has 1 N–H and O–H groups in total. The smallest absolute Gasteiger partial charge is 0.257 e. The summed E-state index contributed by atoms with van der Waals surface area (Å²) in [6.45, 7) is 1.77. The van der Waals surface area contributed by atoms with Crippen LogP contribution in [0.15, 0.2) is 6.20 Å². The molecule has 0 aromatic carbocycles. The average molecular weight is 189 g/mol. The second-order valence-corrected chi connectivity index (χ2v) is 2.91. The summed E-state index contributed by atoms with van der Waals surface area (Å²) in [6.07, 6.45) is -0.934. The van der Waals surface area contributed by atoms with Crippen LogP contribution in [0.1, 0.15) is 17.3 Å². The molecule has 3 nitrogen and oxygen atoms in total. The Morgan fingerprint density at radius 1 is 1.54 bits per heavy atom. The van der Waals surface area contributed by atoms with Crippen molar-refractivity contribution in [3.8, 4) is 0 Å². The number of aryl methyl sites for hydroxylation is 1. The minimum atomic E-state index is -2.41. The molecule has 1 aromatic heterocycles. The van der Waals surface area contributed by atoms with E-state index in [2.05, 4.69) is 10.4 Å². The molecule has 0 aliphatic heterocycles. The van der Waals surface area contributed by atoms with Gasteiger partial charge in [0.05, 0.1) is 12.2 Å². The minimum absolute atomic E-state index is 0.556. The zero-order valence-electron chi connectivity index (χ0n) is 7.88. The summed E-state index contributed by atoms with van der Waals surface area (Å²) in [5.41, 5.74) is 1.32. The molecule has 74 valence electrons. The molecule has 0 aliphatic carbocycles. The molecular weight excluding hydrogens is 176 g/mol. The zero-order valence-corrected chi connectivity index (χ0v) is 7.88. The van der Waals surface area contributed by atoms with E-state index in [9.17, 15) is 8.78 Å². The highest BCUT2D eigenvalue weighted by Gasteiger charge is 2.23. The normalized spacial score (nSPS) is 13.7. The van der Waals surface area contributed by atoms with Gasteiger partial charge in [-0.25, -0.2) is 8.78 Å². The maximum absolute atomic E-state index is 12.5. The number of alkyl halides is 2. The fourth-order valence-electron chi connectivity index (χ4n) is 1.24. The number of hydrogen-bond acceptors (Lipinski definition) is 2. The number of aromatic nitrogens is 2. The molecule has 1 heterocycles. The largest absolute Gasteiger partial charge is 0.308 e. The van der Waals surface area contributed by atoms with Gasteiger partial charge in [0.1, 0.15) is 0 Å². The first-order valence-electron chi connectivity index (χ1n) is 4.01. The van der Waals surface area contributed by atoms with Crippen LogP contribution in [-0.2, 0) is 7.05 Å². The van der Waals surface area contributed by atoms with E-state index >= 15 is 0 Å². The zero-order chi connectivity index (χ0) is 10.0. The van der Waals surface area contributed by atoms with Crippen LogP contribution < -0.4 is 5.32 Å². The van der Waals surface area contributed by atoms with Crippen molar-refractivity contribution in [2.45, 2.75) is 19.4 Å². The highest BCUT2D eigenvalue weighted by atomic mass is 19.3. The first-order chi connectivity index (χ1) is 6.07. The first-order valence-corrected chi connectivity index (χ1v) is 4.01. The van der Waals surface area contributed by atoms with Gasteiger partial charge >= 0.3 is 0 Å². The molecule has 1 aromatic rings. The van der Waals surface area contributed by atoms with E-state index in [1.54, 1.807) is 18.7 Å². The predicted octanol–water partition coefficient (Wildman–Crippen LogP) is 1.25. The lowest BCUT2D eigenvalue weighted by atomic mass is 10.1. The lowest BCUT2D eigenvalue weighted by Gasteiger charge is -2.14. The van der Waals surface area contributed by atoms with Crippen molar-refractivity contribution >= 4 is 0 Å². The minimum Gasteiger partial charge on any atom is -0.308 e. The molecule has 5 heteroatoms. The van der Waals surface area contributed by atoms with Gasteiger partial charge in [-0.2, -0.15) is 5.10 Å². The predicted molar refractivity (Wildman–Crippen MR) is 45.7 cm³/mol. The number of nitrogens with zero attached hydrogens (tertiary/aromatic N) is 2. The number of hydrogen-bond donors (Lipinski definition) is 1. The van der Waals surface area contributed by atoms with Gasteiger partial charge in [0.2, 0.25) is 0 Å². The summed E-state index contributed by atoms with van der Waals surface area (Å²) in [4.78, 5) is 0. The van der Waals surface area contributed by atoms with Crippen LogP contribution in [0.25, 0.3) is 0 Å². The lowest BCUT2D eigenvalue weighted by molar-refractivity contribution is 0.102. The molecular formula is C8H13F2N3. The molecule has 0 fully saturated rings. The fraction of sp³-hybridized carbons (Fsp3) is 0.625. The van der Waals surface area contributed by atoms with Gasteiger partial charge in [-0.1, -0.05) is 0 Å². The summed E-state index contributed by atoms with van der Waals surface area (Å²) in [5.74, 6) is 0. The summed E-state index contributed by atoms with van der Waals surface area (Å²) >= 11 is 0. The van der Waals surface area contributed by atoms with Gasteiger partial charge in [-0.15, -0.1) is 0 Å². The van der Waals surface area contributed by atoms with Crippen LogP contribution in [0.2, 0.25) is 0 Å². The molecule has 0 aliphatic rings. The third-order valence-corrected chi connectivity index (χ3v) is 2.17. The van der Waals surface area contributed by atoms with E-state index in [4.69, 9.17) is 0 Å². The lowest BCUT2D eigenvalue weighted by Crippen LogP contribution is -2.24. The molecule has 0 spiro atoms. The van der Waals surface area contributed by atoms with Crippen molar-refractivity contribution in [2.75, 3.05) is 7.05 Å². The maximum Gasteiger partial charge on any atom is 0.257 e. The highest BCUT2D eigenvalue weighted by molar-refractivity contribution is 5.20. The molecule has 13 heavy (non-hydrogen) atoms. The molecule has 0 amide bonds. The second kappa shape index (κ2) is 3.83. The van der Waals surface area contributed by atoms with Gasteiger partial charge < -0.3 is 5.32 Å². The van der Waals surface area contributed by atoms with Crippen LogP contribution in [0.4, 0.5) is 8.78 Å². The Bertz CT molecular complexity index is 283. The van der Waals surface area contributed by atoms with Crippen molar-refractivity contribution < 1.29 is 8.78 Å². The van der Waals surface area contributed by atoms with Gasteiger partial charge in [0.15, 0.2) is 0 Å². The van der Waals surface area contributed by atoms with E-state index in [0.29, 0.717) is 5.56 Å². The summed E-state index contributed by atoms with van der Waals surface area (Å²) < 4.78 is 26.5. The van der Waals surface area contributed by atoms with Crippen molar-refractivity contribution in [2.24, 2.45) is 7.05 Å². The first kappa shape index (κ1) is 10.1. The molecule has 0 saturated heterocycles. The Morgan fingerprint density at radius 2 is 2.15 bits per heavy atom. The van der Waals surface area contributed by atoms with Gasteiger partial charge in [0.25, 0.3) is 6.43 Å². The third kappa shape index (κ3) is 1.85. The third-order valence-electron chi connectivity index (χ3n) is 2.17. The number of rotatable bonds is 3. The monoisotopic (exact) mass is 189 g/mol. The van der Waals surface area contributed by atoms with Crippen molar-refractivity contribution in [1.82, 2.24) is 15.1 Å². The van der Waals surface area contributed by atoms with Crippen LogP contribution in [0.3, 0.4) is 0 Å². The highest BCUT2D eigenvalue weighted by Crippen LogP contribution is 2.22. The van der Waals surface area contributed by atoms with Gasteiger partial charge in [-0.3, -0.25) is 4.68 Å². The Morgan fingerprint density at radius 3 is 2.46 bits per heavy atom. The Balaban J connectivity index is 2.98. The Labute approximate surface area is 75.7 Å².